The number of fused-ring (bicyclic) bond motifs is 1. The normalized spacial score (nSPS) is 18.8. The molecule has 0 saturated heterocycles. The fourth-order valence-electron chi connectivity index (χ4n) is 3.42. The van der Waals surface area contributed by atoms with Crippen LogP contribution in [0.4, 0.5) is 0 Å². The average Bonchev–Trinajstić information content (AvgIpc) is 2.83. The van der Waals surface area contributed by atoms with E-state index < -0.39 is 0 Å². The quantitative estimate of drug-likeness (QED) is 0.627. The summed E-state index contributed by atoms with van der Waals surface area (Å²) >= 11 is 0. The molecule has 2 aliphatic rings. The highest BCUT2D eigenvalue weighted by Crippen LogP contribution is 2.26. The van der Waals surface area contributed by atoms with Gasteiger partial charge in [-0.05, 0) is 42.2 Å². The zero-order valence-electron chi connectivity index (χ0n) is 13.4. The Morgan fingerprint density at radius 2 is 2.00 bits per heavy atom. The van der Waals surface area contributed by atoms with Crippen molar-refractivity contribution in [2.24, 2.45) is 0 Å². The first-order valence-electron chi connectivity index (χ1n) is 8.44. The molecule has 0 atom stereocenters. The second-order valence-corrected chi connectivity index (χ2v) is 6.39. The van der Waals surface area contributed by atoms with Crippen LogP contribution in [0.25, 0.3) is 6.08 Å². The van der Waals surface area contributed by atoms with Gasteiger partial charge in [-0.3, -0.25) is 4.79 Å². The molecule has 1 heterocycles. The third kappa shape index (κ3) is 3.52. The number of hydrogen-bond acceptors (Lipinski definition) is 2. The Hall–Kier alpha value is -1.77. The zero-order valence-corrected chi connectivity index (χ0v) is 13.4. The number of hydrogen-bond donors (Lipinski definition) is 0. The van der Waals surface area contributed by atoms with Gasteiger partial charge in [-0.25, -0.2) is 0 Å². The zero-order chi connectivity index (χ0) is 15.4. The summed E-state index contributed by atoms with van der Waals surface area (Å²) in [6, 6.07) is 6.55. The van der Waals surface area contributed by atoms with Gasteiger partial charge in [0.05, 0.1) is 6.61 Å². The summed E-state index contributed by atoms with van der Waals surface area (Å²) in [4.78, 5) is 14.3. The lowest BCUT2D eigenvalue weighted by molar-refractivity contribution is -0.126. The largest absolute Gasteiger partial charge is 0.493 e. The van der Waals surface area contributed by atoms with Gasteiger partial charge >= 0.3 is 0 Å². The van der Waals surface area contributed by atoms with Crippen LogP contribution in [0, 0.1) is 0 Å². The highest BCUT2D eigenvalue weighted by molar-refractivity contribution is 5.91. The van der Waals surface area contributed by atoms with E-state index >= 15 is 0 Å². The monoisotopic (exact) mass is 299 g/mol. The van der Waals surface area contributed by atoms with E-state index in [1.807, 2.05) is 30.2 Å². The van der Waals surface area contributed by atoms with E-state index in [0.29, 0.717) is 6.04 Å². The van der Waals surface area contributed by atoms with Crippen molar-refractivity contribution in [2.75, 3.05) is 13.7 Å². The van der Waals surface area contributed by atoms with Gasteiger partial charge in [-0.1, -0.05) is 31.7 Å². The fraction of sp³-hybridized carbons (Fsp3) is 0.526. The van der Waals surface area contributed by atoms with Gasteiger partial charge in [-0.15, -0.1) is 0 Å². The van der Waals surface area contributed by atoms with Crippen molar-refractivity contribution in [3.8, 4) is 5.75 Å². The van der Waals surface area contributed by atoms with Crippen molar-refractivity contribution < 1.29 is 9.53 Å². The number of rotatable bonds is 3. The number of carbonyl (C=O) groups excluding carboxylic acids is 1. The first kappa shape index (κ1) is 15.1. The number of ether oxygens (including phenoxy) is 1. The maximum Gasteiger partial charge on any atom is 0.246 e. The highest BCUT2D eigenvalue weighted by Gasteiger charge is 2.19. The Labute approximate surface area is 133 Å². The standard InChI is InChI=1S/C19H25NO2/c1-20(17-6-4-2-3-5-7-17)19(21)11-9-15-8-10-18-16(14-15)12-13-22-18/h8-11,14,17H,2-7,12-13H2,1H3/b11-9+. The van der Waals surface area contributed by atoms with Crippen LogP contribution in [0.1, 0.15) is 49.7 Å². The Bertz CT molecular complexity index is 557. The molecule has 1 aliphatic heterocycles. The lowest BCUT2D eigenvalue weighted by atomic mass is 10.1. The summed E-state index contributed by atoms with van der Waals surface area (Å²) in [6.07, 6.45) is 12.0. The van der Waals surface area contributed by atoms with E-state index in [4.69, 9.17) is 4.74 Å². The van der Waals surface area contributed by atoms with Gasteiger partial charge in [-0.2, -0.15) is 0 Å². The third-order valence-electron chi connectivity index (χ3n) is 4.85. The van der Waals surface area contributed by atoms with Crippen LogP contribution in [0.2, 0.25) is 0 Å². The van der Waals surface area contributed by atoms with Crippen LogP contribution in [0.3, 0.4) is 0 Å². The molecule has 1 fully saturated rings. The second-order valence-electron chi connectivity index (χ2n) is 6.39. The molecule has 1 saturated carbocycles. The van der Waals surface area contributed by atoms with Crippen LogP contribution in [0.5, 0.6) is 5.75 Å². The summed E-state index contributed by atoms with van der Waals surface area (Å²) < 4.78 is 5.51. The van der Waals surface area contributed by atoms with Gasteiger partial charge in [0.25, 0.3) is 0 Å². The molecule has 1 aromatic carbocycles. The smallest absolute Gasteiger partial charge is 0.246 e. The first-order valence-corrected chi connectivity index (χ1v) is 8.44. The Morgan fingerprint density at radius 1 is 1.23 bits per heavy atom. The van der Waals surface area contributed by atoms with E-state index in [9.17, 15) is 4.79 Å². The fourth-order valence-corrected chi connectivity index (χ4v) is 3.42. The van der Waals surface area contributed by atoms with Crippen LogP contribution >= 0.6 is 0 Å². The molecule has 1 aromatic rings. The van der Waals surface area contributed by atoms with Crippen LogP contribution in [0.15, 0.2) is 24.3 Å². The molecule has 1 aliphatic carbocycles. The van der Waals surface area contributed by atoms with Crippen LogP contribution in [-0.2, 0) is 11.2 Å². The molecular formula is C19H25NO2. The van der Waals surface area contributed by atoms with E-state index in [0.717, 1.165) is 37.2 Å². The Kier molecular flexibility index (Phi) is 4.81. The predicted octanol–water partition coefficient (Wildman–Crippen LogP) is 3.82. The highest BCUT2D eigenvalue weighted by atomic mass is 16.5. The number of benzene rings is 1. The summed E-state index contributed by atoms with van der Waals surface area (Å²) in [5.74, 6) is 1.10. The summed E-state index contributed by atoms with van der Waals surface area (Å²) in [5.41, 5.74) is 2.32. The van der Waals surface area contributed by atoms with Gasteiger partial charge in [0.15, 0.2) is 0 Å². The van der Waals surface area contributed by atoms with E-state index in [-0.39, 0.29) is 5.91 Å². The maximum absolute atomic E-state index is 12.4. The second kappa shape index (κ2) is 6.99. The molecular weight excluding hydrogens is 274 g/mol. The molecule has 22 heavy (non-hydrogen) atoms. The SMILES string of the molecule is CN(C(=O)/C=C/c1ccc2c(c1)CCO2)C1CCCCCC1. The number of nitrogens with zero attached hydrogens (tertiary/aromatic N) is 1. The molecule has 0 spiro atoms. The van der Waals surface area contributed by atoms with Crippen LogP contribution < -0.4 is 4.74 Å². The van der Waals surface area contributed by atoms with Crippen molar-refractivity contribution in [1.29, 1.82) is 0 Å². The molecule has 3 heteroatoms. The third-order valence-corrected chi connectivity index (χ3v) is 4.85. The van der Waals surface area contributed by atoms with E-state index in [1.54, 1.807) is 6.08 Å². The molecule has 118 valence electrons. The predicted molar refractivity (Wildman–Crippen MR) is 88.9 cm³/mol. The Morgan fingerprint density at radius 3 is 2.77 bits per heavy atom. The number of likely N-dealkylation sites (N-methyl/N-ethyl adjacent to an activating group) is 1. The van der Waals surface area contributed by atoms with Gasteiger partial charge in [0, 0.05) is 25.6 Å². The van der Waals surface area contributed by atoms with Crippen molar-refractivity contribution in [1.82, 2.24) is 4.90 Å². The van der Waals surface area contributed by atoms with Crippen molar-refractivity contribution in [2.45, 2.75) is 51.0 Å². The molecule has 0 bridgehead atoms. The summed E-state index contributed by atoms with van der Waals surface area (Å²) in [5, 5.41) is 0. The summed E-state index contributed by atoms with van der Waals surface area (Å²) in [7, 11) is 1.94. The van der Waals surface area contributed by atoms with Gasteiger partial charge in [0.2, 0.25) is 5.91 Å². The molecule has 0 aromatic heterocycles. The topological polar surface area (TPSA) is 29.5 Å². The molecule has 0 unspecified atom stereocenters. The lowest BCUT2D eigenvalue weighted by Crippen LogP contribution is -2.35. The number of carbonyl (C=O) groups is 1. The van der Waals surface area contributed by atoms with Gasteiger partial charge in [0.1, 0.15) is 5.75 Å². The molecule has 1 amide bonds. The van der Waals surface area contributed by atoms with E-state index in [2.05, 4.69) is 6.07 Å². The van der Waals surface area contributed by atoms with Crippen molar-refractivity contribution in [3.05, 3.63) is 35.4 Å². The van der Waals surface area contributed by atoms with Gasteiger partial charge < -0.3 is 9.64 Å². The minimum Gasteiger partial charge on any atom is -0.493 e. The summed E-state index contributed by atoms with van der Waals surface area (Å²) in [6.45, 7) is 0.770. The number of amides is 1. The molecule has 0 radical (unpaired) electrons. The van der Waals surface area contributed by atoms with Crippen molar-refractivity contribution >= 4 is 12.0 Å². The minimum absolute atomic E-state index is 0.114. The minimum atomic E-state index is 0.114. The van der Waals surface area contributed by atoms with Crippen LogP contribution in [-0.4, -0.2) is 30.5 Å². The maximum atomic E-state index is 12.4. The Balaban J connectivity index is 1.62. The average molecular weight is 299 g/mol. The van der Waals surface area contributed by atoms with E-state index in [1.165, 1.54) is 31.2 Å². The lowest BCUT2D eigenvalue weighted by Gasteiger charge is -2.26. The molecule has 0 N–H and O–H groups in total. The molecule has 3 nitrogen and oxygen atoms in total. The molecule has 3 rings (SSSR count). The first-order chi connectivity index (χ1) is 10.7. The van der Waals surface area contributed by atoms with Crippen molar-refractivity contribution in [3.63, 3.8) is 0 Å².